The molecule has 1 N–H and O–H groups in total. The van der Waals surface area contributed by atoms with E-state index >= 15 is 0 Å². The van der Waals surface area contributed by atoms with E-state index < -0.39 is 0 Å². The first-order valence-electron chi connectivity index (χ1n) is 7.13. The highest BCUT2D eigenvalue weighted by molar-refractivity contribution is 9.10. The molecule has 1 heterocycles. The second kappa shape index (κ2) is 7.96. The van der Waals surface area contributed by atoms with Gasteiger partial charge in [0.1, 0.15) is 0 Å². The predicted octanol–water partition coefficient (Wildman–Crippen LogP) is 5.08. The fourth-order valence-corrected chi connectivity index (χ4v) is 3.78. The van der Waals surface area contributed by atoms with Crippen LogP contribution in [0.5, 0.6) is 0 Å². The SMILES string of the molecule is CC(C)CNCC(Cc1cscc1Br)c1ccccc1. The molecule has 1 atom stereocenters. The minimum Gasteiger partial charge on any atom is -0.316 e. The number of nitrogens with one attached hydrogen (secondary N) is 1. The summed E-state index contributed by atoms with van der Waals surface area (Å²) in [5.74, 6) is 1.22. The Morgan fingerprint density at radius 2 is 1.85 bits per heavy atom. The third-order valence-corrected chi connectivity index (χ3v) is 5.20. The molecule has 0 bridgehead atoms. The lowest BCUT2D eigenvalue weighted by Gasteiger charge is -2.19. The van der Waals surface area contributed by atoms with Crippen LogP contribution >= 0.6 is 27.3 Å². The van der Waals surface area contributed by atoms with Crippen LogP contribution < -0.4 is 5.32 Å². The topological polar surface area (TPSA) is 12.0 Å². The Kier molecular flexibility index (Phi) is 6.27. The van der Waals surface area contributed by atoms with Crippen LogP contribution in [0.1, 0.15) is 30.9 Å². The zero-order valence-electron chi connectivity index (χ0n) is 12.1. The standard InChI is InChI=1S/C17H22BrNS/c1-13(2)9-19-10-15(14-6-4-3-5-7-14)8-16-11-20-12-17(16)18/h3-7,11-13,15,19H,8-10H2,1-2H3. The van der Waals surface area contributed by atoms with Crippen molar-refractivity contribution in [1.29, 1.82) is 0 Å². The van der Waals surface area contributed by atoms with E-state index in [4.69, 9.17) is 0 Å². The molecule has 0 radical (unpaired) electrons. The Bertz CT molecular complexity index is 507. The zero-order valence-corrected chi connectivity index (χ0v) is 14.5. The van der Waals surface area contributed by atoms with Crippen molar-refractivity contribution in [3.05, 3.63) is 56.7 Å². The summed E-state index contributed by atoms with van der Waals surface area (Å²) < 4.78 is 1.24. The van der Waals surface area contributed by atoms with E-state index in [1.807, 2.05) is 0 Å². The molecule has 1 unspecified atom stereocenters. The summed E-state index contributed by atoms with van der Waals surface area (Å²) in [5, 5.41) is 8.02. The molecular formula is C17H22BrNS. The van der Waals surface area contributed by atoms with Gasteiger partial charge < -0.3 is 5.32 Å². The molecule has 0 aliphatic carbocycles. The summed E-state index contributed by atoms with van der Waals surface area (Å²) in [4.78, 5) is 0. The van der Waals surface area contributed by atoms with Gasteiger partial charge in [-0.25, -0.2) is 0 Å². The van der Waals surface area contributed by atoms with Crippen molar-refractivity contribution in [1.82, 2.24) is 5.32 Å². The summed E-state index contributed by atoms with van der Waals surface area (Å²) >= 11 is 5.41. The Labute approximate surface area is 134 Å². The van der Waals surface area contributed by atoms with Gasteiger partial charge in [-0.2, -0.15) is 11.3 Å². The van der Waals surface area contributed by atoms with Gasteiger partial charge in [-0.1, -0.05) is 44.2 Å². The van der Waals surface area contributed by atoms with Gasteiger partial charge >= 0.3 is 0 Å². The van der Waals surface area contributed by atoms with Crippen molar-refractivity contribution in [3.63, 3.8) is 0 Å². The summed E-state index contributed by atoms with van der Waals surface area (Å²) in [7, 11) is 0. The minimum absolute atomic E-state index is 0.529. The summed E-state index contributed by atoms with van der Waals surface area (Å²) in [6.45, 7) is 6.61. The average molecular weight is 352 g/mol. The monoisotopic (exact) mass is 351 g/mol. The highest BCUT2D eigenvalue weighted by Crippen LogP contribution is 2.28. The first-order chi connectivity index (χ1) is 9.66. The molecule has 0 saturated carbocycles. The van der Waals surface area contributed by atoms with E-state index in [9.17, 15) is 0 Å². The van der Waals surface area contributed by atoms with Crippen molar-refractivity contribution in [2.45, 2.75) is 26.2 Å². The zero-order chi connectivity index (χ0) is 14.4. The normalized spacial score (nSPS) is 12.8. The van der Waals surface area contributed by atoms with Gasteiger partial charge in [-0.15, -0.1) is 0 Å². The van der Waals surface area contributed by atoms with Crippen molar-refractivity contribution >= 4 is 27.3 Å². The first-order valence-corrected chi connectivity index (χ1v) is 8.86. The lowest BCUT2D eigenvalue weighted by molar-refractivity contribution is 0.514. The Morgan fingerprint density at radius 1 is 1.10 bits per heavy atom. The number of rotatable bonds is 7. The second-order valence-electron chi connectivity index (χ2n) is 5.61. The molecule has 1 nitrogen and oxygen atoms in total. The van der Waals surface area contributed by atoms with E-state index in [2.05, 4.69) is 76.2 Å². The van der Waals surface area contributed by atoms with Gasteiger partial charge in [0, 0.05) is 22.3 Å². The highest BCUT2D eigenvalue weighted by Gasteiger charge is 2.14. The Hall–Kier alpha value is -0.640. The van der Waals surface area contributed by atoms with E-state index in [1.54, 1.807) is 11.3 Å². The van der Waals surface area contributed by atoms with Crippen LogP contribution in [-0.4, -0.2) is 13.1 Å². The molecule has 0 aliphatic heterocycles. The van der Waals surface area contributed by atoms with Crippen LogP contribution in [0.25, 0.3) is 0 Å². The third-order valence-electron chi connectivity index (χ3n) is 3.37. The molecule has 0 spiro atoms. The number of halogens is 1. The summed E-state index contributed by atoms with van der Waals surface area (Å²) in [6, 6.07) is 10.8. The summed E-state index contributed by atoms with van der Waals surface area (Å²) in [6.07, 6.45) is 1.08. The van der Waals surface area contributed by atoms with Gasteiger partial charge in [0.2, 0.25) is 0 Å². The fourth-order valence-electron chi connectivity index (χ4n) is 2.30. The van der Waals surface area contributed by atoms with E-state index in [0.717, 1.165) is 19.5 Å². The number of thiophene rings is 1. The molecule has 20 heavy (non-hydrogen) atoms. The first kappa shape index (κ1) is 15.7. The van der Waals surface area contributed by atoms with Crippen molar-refractivity contribution in [2.75, 3.05) is 13.1 Å². The molecule has 2 aromatic rings. The van der Waals surface area contributed by atoms with Gasteiger partial charge in [0.25, 0.3) is 0 Å². The van der Waals surface area contributed by atoms with E-state index in [-0.39, 0.29) is 0 Å². The summed E-state index contributed by atoms with van der Waals surface area (Å²) in [5.41, 5.74) is 2.83. The molecular weight excluding hydrogens is 330 g/mol. The van der Waals surface area contributed by atoms with Crippen LogP contribution in [0.15, 0.2) is 45.6 Å². The lowest BCUT2D eigenvalue weighted by Crippen LogP contribution is -2.26. The molecule has 3 heteroatoms. The number of hydrogen-bond acceptors (Lipinski definition) is 2. The highest BCUT2D eigenvalue weighted by atomic mass is 79.9. The molecule has 0 saturated heterocycles. The Morgan fingerprint density at radius 3 is 2.45 bits per heavy atom. The third kappa shape index (κ3) is 4.72. The van der Waals surface area contributed by atoms with Crippen LogP contribution in [0.2, 0.25) is 0 Å². The van der Waals surface area contributed by atoms with Crippen LogP contribution in [0.3, 0.4) is 0 Å². The molecule has 0 aliphatic rings. The fraction of sp³-hybridized carbons (Fsp3) is 0.412. The average Bonchev–Trinajstić information content (AvgIpc) is 2.84. The molecule has 2 rings (SSSR count). The molecule has 1 aromatic carbocycles. The quantitative estimate of drug-likeness (QED) is 0.733. The molecule has 108 valence electrons. The van der Waals surface area contributed by atoms with Gasteiger partial charge in [0.05, 0.1) is 0 Å². The van der Waals surface area contributed by atoms with Crippen molar-refractivity contribution < 1.29 is 0 Å². The largest absolute Gasteiger partial charge is 0.316 e. The van der Waals surface area contributed by atoms with Gasteiger partial charge in [-0.3, -0.25) is 0 Å². The van der Waals surface area contributed by atoms with Crippen molar-refractivity contribution in [3.8, 4) is 0 Å². The predicted molar refractivity (Wildman–Crippen MR) is 92.6 cm³/mol. The minimum atomic E-state index is 0.529. The van der Waals surface area contributed by atoms with Gasteiger partial charge in [-0.05, 0) is 51.3 Å². The lowest BCUT2D eigenvalue weighted by atomic mass is 9.93. The van der Waals surface area contributed by atoms with E-state index in [1.165, 1.54) is 15.6 Å². The van der Waals surface area contributed by atoms with Crippen LogP contribution in [0.4, 0.5) is 0 Å². The van der Waals surface area contributed by atoms with Gasteiger partial charge in [0.15, 0.2) is 0 Å². The van der Waals surface area contributed by atoms with Crippen LogP contribution in [0, 0.1) is 5.92 Å². The molecule has 0 amide bonds. The molecule has 1 aromatic heterocycles. The maximum Gasteiger partial charge on any atom is 0.0314 e. The smallest absolute Gasteiger partial charge is 0.0314 e. The number of hydrogen-bond donors (Lipinski definition) is 1. The molecule has 0 fully saturated rings. The van der Waals surface area contributed by atoms with Crippen LogP contribution in [-0.2, 0) is 6.42 Å². The van der Waals surface area contributed by atoms with E-state index in [0.29, 0.717) is 11.8 Å². The maximum atomic E-state index is 3.65. The second-order valence-corrected chi connectivity index (χ2v) is 7.21. The van der Waals surface area contributed by atoms with Crippen molar-refractivity contribution in [2.24, 2.45) is 5.92 Å². The maximum absolute atomic E-state index is 3.65. The Balaban J connectivity index is 2.06. The number of benzene rings is 1.